The lowest BCUT2D eigenvalue weighted by molar-refractivity contribution is -0.116. The first-order valence-corrected chi connectivity index (χ1v) is 5.63. The van der Waals surface area contributed by atoms with Crippen molar-refractivity contribution in [2.24, 2.45) is 0 Å². The number of hydrogen-bond donors (Lipinski definition) is 0. The van der Waals surface area contributed by atoms with Gasteiger partial charge in [-0.15, -0.1) is 0 Å². The van der Waals surface area contributed by atoms with Crippen LogP contribution in [0.4, 0.5) is 0 Å². The molecule has 0 radical (unpaired) electrons. The third-order valence-corrected chi connectivity index (χ3v) is 2.70. The Morgan fingerprint density at radius 3 is 2.44 bits per heavy atom. The molecule has 1 aromatic carbocycles. The zero-order valence-electron chi connectivity index (χ0n) is 10.8. The predicted octanol–water partition coefficient (Wildman–Crippen LogP) is 3.26. The second kappa shape index (κ2) is 5.15. The molecule has 0 saturated carbocycles. The van der Waals surface area contributed by atoms with Gasteiger partial charge in [0.2, 0.25) is 0 Å². The molecular formula is C14H20O2. The maximum Gasteiger partial charge on any atom is 0.134 e. The Morgan fingerprint density at radius 1 is 1.38 bits per heavy atom. The van der Waals surface area contributed by atoms with E-state index < -0.39 is 0 Å². The van der Waals surface area contributed by atoms with E-state index in [9.17, 15) is 4.79 Å². The van der Waals surface area contributed by atoms with Crippen molar-refractivity contribution in [1.29, 1.82) is 0 Å². The summed E-state index contributed by atoms with van der Waals surface area (Å²) in [5, 5.41) is 0. The first-order chi connectivity index (χ1) is 7.47. The second-order valence-electron chi connectivity index (χ2n) is 4.52. The fraction of sp³-hybridized carbons (Fsp3) is 0.500. The van der Waals surface area contributed by atoms with Crippen molar-refractivity contribution in [3.8, 4) is 5.75 Å². The summed E-state index contributed by atoms with van der Waals surface area (Å²) in [6, 6.07) is 4.05. The van der Waals surface area contributed by atoms with E-state index in [0.29, 0.717) is 12.3 Å². The van der Waals surface area contributed by atoms with Crippen LogP contribution in [0.2, 0.25) is 0 Å². The number of rotatable bonds is 4. The topological polar surface area (TPSA) is 26.3 Å². The lowest BCUT2D eigenvalue weighted by atomic mass is 9.91. The summed E-state index contributed by atoms with van der Waals surface area (Å²) in [6.07, 6.45) is 0.490. The van der Waals surface area contributed by atoms with Crippen LogP contribution in [0.25, 0.3) is 0 Å². The lowest BCUT2D eigenvalue weighted by Gasteiger charge is -2.18. The zero-order valence-corrected chi connectivity index (χ0v) is 10.8. The summed E-state index contributed by atoms with van der Waals surface area (Å²) < 4.78 is 5.45. The predicted molar refractivity (Wildman–Crippen MR) is 66.2 cm³/mol. The number of hydrogen-bond acceptors (Lipinski definition) is 2. The first kappa shape index (κ1) is 12.8. The van der Waals surface area contributed by atoms with Crippen molar-refractivity contribution < 1.29 is 9.53 Å². The number of ketones is 1. The summed E-state index contributed by atoms with van der Waals surface area (Å²) in [5.74, 6) is 1.48. The molecule has 16 heavy (non-hydrogen) atoms. The highest BCUT2D eigenvalue weighted by molar-refractivity contribution is 5.79. The van der Waals surface area contributed by atoms with Gasteiger partial charge in [0.1, 0.15) is 11.5 Å². The molecule has 1 aromatic rings. The normalized spacial score (nSPS) is 10.6. The highest BCUT2D eigenvalue weighted by Gasteiger charge is 2.15. The second-order valence-corrected chi connectivity index (χ2v) is 4.52. The maximum absolute atomic E-state index is 11.2. The molecule has 0 aromatic heterocycles. The molecule has 0 aliphatic heterocycles. The molecule has 2 heteroatoms. The number of ether oxygens (including phenoxy) is 1. The Bertz CT molecular complexity index is 392. The maximum atomic E-state index is 11.2. The van der Waals surface area contributed by atoms with Crippen LogP contribution in [-0.2, 0) is 11.2 Å². The van der Waals surface area contributed by atoms with Crippen LogP contribution in [0.1, 0.15) is 43.4 Å². The van der Waals surface area contributed by atoms with Crippen LogP contribution in [0.15, 0.2) is 12.1 Å². The molecule has 0 fully saturated rings. The van der Waals surface area contributed by atoms with Gasteiger partial charge in [0.15, 0.2) is 0 Å². The smallest absolute Gasteiger partial charge is 0.134 e. The number of methoxy groups -OCH3 is 1. The Morgan fingerprint density at radius 2 is 2.00 bits per heavy atom. The number of benzene rings is 1. The van der Waals surface area contributed by atoms with Gasteiger partial charge < -0.3 is 4.74 Å². The van der Waals surface area contributed by atoms with Gasteiger partial charge in [0.05, 0.1) is 7.11 Å². The standard InChI is InChI=1S/C14H20O2/c1-9(2)13-12(8-11(4)15)7-6-10(3)14(13)16-5/h6-7,9H,8H2,1-5H3. The lowest BCUT2D eigenvalue weighted by Crippen LogP contribution is -2.06. The number of aryl methyl sites for hydroxylation is 1. The molecule has 88 valence electrons. The molecule has 0 aliphatic carbocycles. The molecule has 0 N–H and O–H groups in total. The van der Waals surface area contributed by atoms with Gasteiger partial charge in [-0.2, -0.15) is 0 Å². The number of carbonyl (C=O) groups is 1. The van der Waals surface area contributed by atoms with Crippen LogP contribution in [0.5, 0.6) is 5.75 Å². The first-order valence-electron chi connectivity index (χ1n) is 5.63. The molecule has 0 saturated heterocycles. The molecule has 0 unspecified atom stereocenters. The Labute approximate surface area is 97.6 Å². The molecule has 0 amide bonds. The SMILES string of the molecule is COc1c(C)ccc(CC(C)=O)c1C(C)C. The van der Waals surface area contributed by atoms with E-state index in [1.807, 2.05) is 19.1 Å². The average Bonchev–Trinajstić information content (AvgIpc) is 2.18. The van der Waals surface area contributed by atoms with E-state index in [0.717, 1.165) is 22.4 Å². The highest BCUT2D eigenvalue weighted by Crippen LogP contribution is 2.33. The zero-order chi connectivity index (χ0) is 12.3. The van der Waals surface area contributed by atoms with Gasteiger partial charge in [-0.1, -0.05) is 26.0 Å². The molecular weight excluding hydrogens is 200 g/mol. The third-order valence-electron chi connectivity index (χ3n) is 2.70. The summed E-state index contributed by atoms with van der Waals surface area (Å²) in [6.45, 7) is 7.90. The highest BCUT2D eigenvalue weighted by atomic mass is 16.5. The summed E-state index contributed by atoms with van der Waals surface area (Å²) in [4.78, 5) is 11.2. The van der Waals surface area contributed by atoms with Crippen molar-refractivity contribution in [3.05, 3.63) is 28.8 Å². The minimum Gasteiger partial charge on any atom is -0.496 e. The van der Waals surface area contributed by atoms with Crippen LogP contribution in [-0.4, -0.2) is 12.9 Å². The largest absolute Gasteiger partial charge is 0.496 e. The Balaban J connectivity index is 3.32. The summed E-state index contributed by atoms with van der Waals surface area (Å²) in [7, 11) is 1.69. The van der Waals surface area contributed by atoms with Gasteiger partial charge >= 0.3 is 0 Å². The summed E-state index contributed by atoms with van der Waals surface area (Å²) in [5.41, 5.74) is 3.38. The van der Waals surface area contributed by atoms with E-state index in [1.54, 1.807) is 14.0 Å². The van der Waals surface area contributed by atoms with Crippen molar-refractivity contribution >= 4 is 5.78 Å². The van der Waals surface area contributed by atoms with Gasteiger partial charge in [-0.25, -0.2) is 0 Å². The molecule has 0 atom stereocenters. The number of carbonyl (C=O) groups excluding carboxylic acids is 1. The average molecular weight is 220 g/mol. The third kappa shape index (κ3) is 2.63. The monoisotopic (exact) mass is 220 g/mol. The van der Waals surface area contributed by atoms with E-state index >= 15 is 0 Å². The fourth-order valence-corrected chi connectivity index (χ4v) is 2.08. The van der Waals surface area contributed by atoms with Gasteiger partial charge in [0.25, 0.3) is 0 Å². The van der Waals surface area contributed by atoms with Crippen LogP contribution in [0, 0.1) is 6.92 Å². The molecule has 0 aliphatic rings. The minimum absolute atomic E-state index is 0.188. The molecule has 0 bridgehead atoms. The van der Waals surface area contributed by atoms with Crippen molar-refractivity contribution in [2.45, 2.75) is 40.0 Å². The summed E-state index contributed by atoms with van der Waals surface area (Å²) >= 11 is 0. The van der Waals surface area contributed by atoms with Crippen LogP contribution >= 0.6 is 0 Å². The minimum atomic E-state index is 0.188. The van der Waals surface area contributed by atoms with E-state index in [4.69, 9.17) is 4.74 Å². The van der Waals surface area contributed by atoms with Crippen LogP contribution < -0.4 is 4.74 Å². The van der Waals surface area contributed by atoms with Crippen molar-refractivity contribution in [3.63, 3.8) is 0 Å². The van der Waals surface area contributed by atoms with Crippen molar-refractivity contribution in [2.75, 3.05) is 7.11 Å². The molecule has 1 rings (SSSR count). The van der Waals surface area contributed by atoms with E-state index in [-0.39, 0.29) is 5.78 Å². The van der Waals surface area contributed by atoms with Gasteiger partial charge in [-0.05, 0) is 30.9 Å². The molecule has 2 nitrogen and oxygen atoms in total. The Kier molecular flexibility index (Phi) is 4.11. The van der Waals surface area contributed by atoms with Crippen molar-refractivity contribution in [1.82, 2.24) is 0 Å². The van der Waals surface area contributed by atoms with E-state index in [1.165, 1.54) is 0 Å². The quantitative estimate of drug-likeness (QED) is 0.778. The Hall–Kier alpha value is -1.31. The molecule has 0 spiro atoms. The van der Waals surface area contributed by atoms with E-state index in [2.05, 4.69) is 13.8 Å². The number of Topliss-reactive ketones (excluding diaryl/α,β-unsaturated/α-hetero) is 1. The van der Waals surface area contributed by atoms with Gasteiger partial charge in [-0.3, -0.25) is 4.79 Å². The molecule has 0 heterocycles. The van der Waals surface area contributed by atoms with Gasteiger partial charge in [0, 0.05) is 12.0 Å². The fourth-order valence-electron chi connectivity index (χ4n) is 2.08. The van der Waals surface area contributed by atoms with Crippen LogP contribution in [0.3, 0.4) is 0 Å².